The van der Waals surface area contributed by atoms with E-state index < -0.39 is 37.4 Å². The van der Waals surface area contributed by atoms with E-state index in [0.29, 0.717) is 5.52 Å². The van der Waals surface area contributed by atoms with Crippen LogP contribution in [0.4, 0.5) is 10.2 Å². The summed E-state index contributed by atoms with van der Waals surface area (Å²) in [4.78, 5) is 3.88. The van der Waals surface area contributed by atoms with E-state index in [-0.39, 0.29) is 18.1 Å². The molecule has 2 aliphatic heterocycles. The van der Waals surface area contributed by atoms with Crippen LogP contribution >= 0.6 is 7.82 Å². The van der Waals surface area contributed by atoms with E-state index in [1.807, 2.05) is 6.07 Å². The largest absolute Gasteiger partial charge is 0.475 e. The van der Waals surface area contributed by atoms with Gasteiger partial charge in [0.2, 0.25) is 5.60 Å². The van der Waals surface area contributed by atoms with Gasteiger partial charge in [-0.2, -0.15) is 10.4 Å². The third-order valence-electron chi connectivity index (χ3n) is 4.87. The van der Waals surface area contributed by atoms with Crippen LogP contribution in [0.3, 0.4) is 0 Å². The molecule has 2 aromatic rings. The van der Waals surface area contributed by atoms with Crippen LogP contribution < -0.4 is 5.73 Å². The average molecular weight is 411 g/mol. The standard InChI is InChI=1S/C16H19FN5O5P/c1-9(2)26-28(23)24-6-11-13(27-28)15(3,17)16(7-18,25-11)12-5-4-10-14(19)20-8-21-22(10)12/h4-5,8-9,11,13H,6H2,1-3H3,(H2,19,20,21)/t11-,13-,15-,16+,28-/m1/s1. The van der Waals surface area contributed by atoms with E-state index in [2.05, 4.69) is 10.1 Å². The third kappa shape index (κ3) is 2.57. The highest BCUT2D eigenvalue weighted by Gasteiger charge is 2.70. The Labute approximate surface area is 159 Å². The van der Waals surface area contributed by atoms with Gasteiger partial charge in [-0.25, -0.2) is 18.5 Å². The van der Waals surface area contributed by atoms with Crippen LogP contribution in [0, 0.1) is 11.3 Å². The van der Waals surface area contributed by atoms with Gasteiger partial charge in [-0.1, -0.05) is 0 Å². The molecule has 0 radical (unpaired) electrons. The number of anilines is 1. The van der Waals surface area contributed by atoms with Gasteiger partial charge in [0.15, 0.2) is 11.5 Å². The zero-order valence-electron chi connectivity index (χ0n) is 15.4. The molecule has 0 aromatic carbocycles. The van der Waals surface area contributed by atoms with E-state index in [1.165, 1.54) is 16.9 Å². The molecule has 4 rings (SSSR count). The molecular formula is C16H19FN5O5P. The van der Waals surface area contributed by atoms with Crippen molar-refractivity contribution in [2.75, 3.05) is 12.3 Å². The maximum absolute atomic E-state index is 16.1. The van der Waals surface area contributed by atoms with Crippen molar-refractivity contribution in [2.24, 2.45) is 0 Å². The van der Waals surface area contributed by atoms with Gasteiger partial charge in [-0.15, -0.1) is 0 Å². The predicted octanol–water partition coefficient (Wildman–Crippen LogP) is 2.11. The first-order valence-electron chi connectivity index (χ1n) is 8.61. The van der Waals surface area contributed by atoms with Crippen LogP contribution in [0.1, 0.15) is 26.5 Å². The molecule has 2 N–H and O–H groups in total. The fourth-order valence-corrected chi connectivity index (χ4v) is 5.24. The normalized spacial score (nSPS) is 37.9. The molecule has 0 saturated carbocycles. The van der Waals surface area contributed by atoms with Crippen molar-refractivity contribution in [1.29, 1.82) is 5.26 Å². The summed E-state index contributed by atoms with van der Waals surface area (Å²) in [6.45, 7) is 4.21. The number of nitrogen functional groups attached to an aromatic ring is 1. The maximum atomic E-state index is 16.1. The second kappa shape index (κ2) is 6.20. The number of nitrogens with two attached hydrogens (primary N) is 1. The van der Waals surface area contributed by atoms with Gasteiger partial charge in [0, 0.05) is 0 Å². The average Bonchev–Trinajstić information content (AvgIpc) is 3.13. The number of phosphoric ester groups is 1. The van der Waals surface area contributed by atoms with E-state index >= 15 is 4.39 Å². The van der Waals surface area contributed by atoms with Crippen LogP contribution in [-0.4, -0.2) is 45.2 Å². The molecule has 5 atom stereocenters. The Morgan fingerprint density at radius 2 is 2.29 bits per heavy atom. The van der Waals surface area contributed by atoms with Gasteiger partial charge in [0.05, 0.1) is 18.4 Å². The molecule has 0 aliphatic carbocycles. The molecular weight excluding hydrogens is 392 g/mol. The lowest BCUT2D eigenvalue weighted by Gasteiger charge is -2.35. The SMILES string of the molecule is CC(C)O[P@@]1(=O)OC[C@H]2O[C@@](C#N)(c3ccc4c(N)ncnn34)[C@](C)(F)[C@@H]2O1. The highest BCUT2D eigenvalue weighted by Crippen LogP contribution is 2.62. The zero-order chi connectivity index (χ0) is 20.3. The summed E-state index contributed by atoms with van der Waals surface area (Å²) in [5.41, 5.74) is 1.83. The number of fused-ring (bicyclic) bond motifs is 2. The molecule has 0 bridgehead atoms. The fraction of sp³-hybridized carbons (Fsp3) is 0.562. The smallest absolute Gasteiger partial charge is 0.382 e. The minimum Gasteiger partial charge on any atom is -0.382 e. The first-order chi connectivity index (χ1) is 13.1. The van der Waals surface area contributed by atoms with Crippen molar-refractivity contribution in [1.82, 2.24) is 14.6 Å². The Bertz CT molecular complexity index is 1020. The number of hydrogen-bond donors (Lipinski definition) is 1. The topological polar surface area (TPSA) is 134 Å². The summed E-state index contributed by atoms with van der Waals surface area (Å²) in [7, 11) is -4.00. The summed E-state index contributed by atoms with van der Waals surface area (Å²) in [5.74, 6) is 0.166. The third-order valence-corrected chi connectivity index (χ3v) is 6.50. The first kappa shape index (κ1) is 19.2. The van der Waals surface area contributed by atoms with Crippen LogP contribution in [0.25, 0.3) is 5.52 Å². The monoisotopic (exact) mass is 411 g/mol. The molecule has 4 heterocycles. The number of rotatable bonds is 3. The first-order valence-corrected chi connectivity index (χ1v) is 10.1. The minimum atomic E-state index is -4.00. The lowest BCUT2D eigenvalue weighted by Crippen LogP contribution is -2.50. The number of phosphoric acid groups is 1. The number of halogens is 1. The molecule has 2 saturated heterocycles. The fourth-order valence-electron chi connectivity index (χ4n) is 3.61. The number of hydrogen-bond acceptors (Lipinski definition) is 9. The van der Waals surface area contributed by atoms with Gasteiger partial charge < -0.3 is 10.5 Å². The molecule has 10 nitrogen and oxygen atoms in total. The van der Waals surface area contributed by atoms with Crippen molar-refractivity contribution >= 4 is 19.2 Å². The quantitative estimate of drug-likeness (QED) is 0.754. The number of nitriles is 1. The molecule has 2 fully saturated rings. The molecule has 150 valence electrons. The van der Waals surface area contributed by atoms with E-state index in [1.54, 1.807) is 19.9 Å². The van der Waals surface area contributed by atoms with Crippen LogP contribution in [0.2, 0.25) is 0 Å². The van der Waals surface area contributed by atoms with Gasteiger partial charge in [0.1, 0.15) is 30.1 Å². The highest BCUT2D eigenvalue weighted by molar-refractivity contribution is 7.48. The number of ether oxygens (including phenoxy) is 1. The number of nitrogens with zero attached hydrogens (tertiary/aromatic N) is 4. The van der Waals surface area contributed by atoms with Gasteiger partial charge >= 0.3 is 7.82 Å². The lowest BCUT2D eigenvalue weighted by molar-refractivity contribution is -0.0802. The second-order valence-corrected chi connectivity index (χ2v) is 8.68. The summed E-state index contributed by atoms with van der Waals surface area (Å²) < 4.78 is 51.8. The van der Waals surface area contributed by atoms with Crippen molar-refractivity contribution in [3.63, 3.8) is 0 Å². The molecule has 0 spiro atoms. The van der Waals surface area contributed by atoms with Gasteiger partial charge in [-0.05, 0) is 32.9 Å². The molecule has 28 heavy (non-hydrogen) atoms. The molecule has 2 aromatic heterocycles. The van der Waals surface area contributed by atoms with Crippen LogP contribution in [0.15, 0.2) is 18.5 Å². The van der Waals surface area contributed by atoms with Crippen molar-refractivity contribution in [2.45, 2.75) is 50.4 Å². The van der Waals surface area contributed by atoms with Crippen molar-refractivity contribution < 1.29 is 27.3 Å². The van der Waals surface area contributed by atoms with Gasteiger partial charge in [0.25, 0.3) is 0 Å². The Balaban J connectivity index is 1.80. The number of aromatic nitrogens is 3. The molecule has 2 aliphatic rings. The Kier molecular flexibility index (Phi) is 4.26. The maximum Gasteiger partial charge on any atom is 0.475 e. The summed E-state index contributed by atoms with van der Waals surface area (Å²) >= 11 is 0. The Hall–Kier alpha value is -2.09. The van der Waals surface area contributed by atoms with E-state index in [9.17, 15) is 9.83 Å². The number of alkyl halides is 1. The highest BCUT2D eigenvalue weighted by atomic mass is 31.2. The molecule has 12 heteroatoms. The predicted molar refractivity (Wildman–Crippen MR) is 93.7 cm³/mol. The minimum absolute atomic E-state index is 0.113. The van der Waals surface area contributed by atoms with Gasteiger partial charge in [-0.3, -0.25) is 13.6 Å². The van der Waals surface area contributed by atoms with Crippen LogP contribution in [-0.2, 0) is 28.5 Å². The van der Waals surface area contributed by atoms with Crippen LogP contribution in [0.5, 0.6) is 0 Å². The van der Waals surface area contributed by atoms with E-state index in [0.717, 1.165) is 6.92 Å². The van der Waals surface area contributed by atoms with Crippen molar-refractivity contribution in [3.05, 3.63) is 24.2 Å². The molecule has 0 unspecified atom stereocenters. The summed E-state index contributed by atoms with van der Waals surface area (Å²) in [6.07, 6.45) is -1.60. The zero-order valence-corrected chi connectivity index (χ0v) is 16.3. The summed E-state index contributed by atoms with van der Waals surface area (Å²) in [5, 5.41) is 14.0. The Morgan fingerprint density at radius 3 is 2.96 bits per heavy atom. The lowest BCUT2D eigenvalue weighted by atomic mass is 9.82. The second-order valence-electron chi connectivity index (χ2n) is 7.11. The van der Waals surface area contributed by atoms with E-state index in [4.69, 9.17) is 24.0 Å². The Morgan fingerprint density at radius 1 is 1.54 bits per heavy atom. The molecule has 0 amide bonds. The summed E-state index contributed by atoms with van der Waals surface area (Å²) in [6, 6.07) is 4.98. The van der Waals surface area contributed by atoms with Crippen molar-refractivity contribution in [3.8, 4) is 6.07 Å².